The second-order valence-electron chi connectivity index (χ2n) is 9.23. The molecule has 0 N–H and O–H groups in total. The van der Waals surface area contributed by atoms with Gasteiger partial charge in [-0.1, -0.05) is 54.0 Å². The Morgan fingerprint density at radius 3 is 2.68 bits per heavy atom. The molecular formula is C28H30N6O3. The van der Waals surface area contributed by atoms with Crippen LogP contribution >= 0.6 is 0 Å². The average molecular weight is 499 g/mol. The molecular weight excluding hydrogens is 468 g/mol. The third-order valence-electron chi connectivity index (χ3n) is 6.52. The molecule has 0 saturated heterocycles. The van der Waals surface area contributed by atoms with Gasteiger partial charge in [0.25, 0.3) is 5.56 Å². The van der Waals surface area contributed by atoms with Gasteiger partial charge in [0.05, 0.1) is 11.8 Å². The van der Waals surface area contributed by atoms with Gasteiger partial charge in [-0.15, -0.1) is 0 Å². The SMILES string of the molecule is CCCc1noc(Cn2cnc3c4cc(C)ccc4n(CC(=O)N(CC)Cc4ccccc4)c3c2=O)n1. The lowest BCUT2D eigenvalue weighted by molar-refractivity contribution is -0.132. The molecule has 190 valence electrons. The Morgan fingerprint density at radius 1 is 1.11 bits per heavy atom. The average Bonchev–Trinajstić information content (AvgIpc) is 3.47. The summed E-state index contributed by atoms with van der Waals surface area (Å²) in [5, 5.41) is 4.83. The van der Waals surface area contributed by atoms with E-state index >= 15 is 0 Å². The van der Waals surface area contributed by atoms with E-state index in [-0.39, 0.29) is 24.6 Å². The van der Waals surface area contributed by atoms with Gasteiger partial charge in [0.2, 0.25) is 11.8 Å². The van der Waals surface area contributed by atoms with E-state index < -0.39 is 0 Å². The summed E-state index contributed by atoms with van der Waals surface area (Å²) in [5.74, 6) is 0.899. The molecule has 9 nitrogen and oxygen atoms in total. The Kier molecular flexibility index (Phi) is 6.85. The highest BCUT2D eigenvalue weighted by Gasteiger charge is 2.21. The number of hydrogen-bond acceptors (Lipinski definition) is 6. The molecule has 0 spiro atoms. The standard InChI is InChI=1S/C28H30N6O3/c1-4-9-23-30-24(37-31-23)16-33-18-29-26-21-14-19(3)12-13-22(21)34(27(26)28(33)36)17-25(35)32(5-2)15-20-10-7-6-8-11-20/h6-8,10-14,18H,4-5,9,15-17H2,1-3H3. The summed E-state index contributed by atoms with van der Waals surface area (Å²) >= 11 is 0. The molecule has 0 saturated carbocycles. The molecule has 1 amide bonds. The number of nitrogens with zero attached hydrogens (tertiary/aromatic N) is 6. The second kappa shape index (κ2) is 10.4. The molecule has 0 unspecified atom stereocenters. The van der Waals surface area contributed by atoms with E-state index in [0.29, 0.717) is 42.3 Å². The Bertz CT molecular complexity index is 1620. The summed E-state index contributed by atoms with van der Waals surface area (Å²) in [6.45, 7) is 7.21. The van der Waals surface area contributed by atoms with Gasteiger partial charge in [-0.05, 0) is 38.0 Å². The van der Waals surface area contributed by atoms with Crippen LogP contribution in [0.25, 0.3) is 21.9 Å². The monoisotopic (exact) mass is 498 g/mol. The van der Waals surface area contributed by atoms with E-state index in [2.05, 4.69) is 15.1 Å². The summed E-state index contributed by atoms with van der Waals surface area (Å²) < 4.78 is 8.60. The molecule has 0 bridgehead atoms. The van der Waals surface area contributed by atoms with E-state index in [1.165, 1.54) is 10.9 Å². The molecule has 0 fully saturated rings. The van der Waals surface area contributed by atoms with Gasteiger partial charge in [0.15, 0.2) is 5.82 Å². The van der Waals surface area contributed by atoms with Gasteiger partial charge >= 0.3 is 0 Å². The maximum absolute atomic E-state index is 13.7. The highest BCUT2D eigenvalue weighted by Crippen LogP contribution is 2.27. The number of rotatable bonds is 9. The lowest BCUT2D eigenvalue weighted by atomic mass is 10.1. The lowest BCUT2D eigenvalue weighted by Crippen LogP contribution is -2.34. The molecule has 9 heteroatoms. The summed E-state index contributed by atoms with van der Waals surface area (Å²) in [5.41, 5.74) is 3.62. The number of aryl methyl sites for hydroxylation is 2. The van der Waals surface area contributed by atoms with E-state index in [9.17, 15) is 9.59 Å². The van der Waals surface area contributed by atoms with Gasteiger partial charge in [-0.2, -0.15) is 4.98 Å². The molecule has 0 aliphatic carbocycles. The van der Waals surface area contributed by atoms with Crippen LogP contribution in [0, 0.1) is 6.92 Å². The Hall–Kier alpha value is -4.27. The van der Waals surface area contributed by atoms with Gasteiger partial charge in [0.1, 0.15) is 24.1 Å². The largest absolute Gasteiger partial charge is 0.337 e. The number of carbonyl (C=O) groups is 1. The van der Waals surface area contributed by atoms with Crippen LogP contribution in [0.1, 0.15) is 43.1 Å². The molecule has 0 aliphatic rings. The van der Waals surface area contributed by atoms with Crippen molar-refractivity contribution in [2.75, 3.05) is 6.54 Å². The number of carbonyl (C=O) groups excluding carboxylic acids is 1. The van der Waals surface area contributed by atoms with E-state index in [1.807, 2.05) is 69.3 Å². The molecule has 0 radical (unpaired) electrons. The predicted molar refractivity (Wildman–Crippen MR) is 141 cm³/mol. The summed E-state index contributed by atoms with van der Waals surface area (Å²) in [7, 11) is 0. The van der Waals surface area contributed by atoms with E-state index in [0.717, 1.165) is 28.5 Å². The number of amides is 1. The fraction of sp³-hybridized carbons (Fsp3) is 0.321. The van der Waals surface area contributed by atoms with Crippen LogP contribution in [0.2, 0.25) is 0 Å². The van der Waals surface area contributed by atoms with Gasteiger partial charge in [0, 0.05) is 24.9 Å². The Balaban J connectivity index is 1.55. The lowest BCUT2D eigenvalue weighted by Gasteiger charge is -2.22. The number of aromatic nitrogens is 5. The first kappa shape index (κ1) is 24.4. The summed E-state index contributed by atoms with van der Waals surface area (Å²) in [6, 6.07) is 15.8. The molecule has 5 aromatic rings. The van der Waals surface area contributed by atoms with Crippen molar-refractivity contribution in [1.29, 1.82) is 0 Å². The quantitative estimate of drug-likeness (QED) is 0.304. The number of benzene rings is 2. The van der Waals surface area contributed by atoms with Crippen molar-refractivity contribution in [2.24, 2.45) is 0 Å². The number of likely N-dealkylation sites (N-methyl/N-ethyl adjacent to an activating group) is 1. The van der Waals surface area contributed by atoms with Crippen molar-refractivity contribution in [1.82, 2.24) is 29.2 Å². The van der Waals surface area contributed by atoms with Crippen molar-refractivity contribution in [3.8, 4) is 0 Å². The Labute approximate surface area is 214 Å². The second-order valence-corrected chi connectivity index (χ2v) is 9.23. The van der Waals surface area contributed by atoms with Crippen LogP contribution in [0.5, 0.6) is 0 Å². The summed E-state index contributed by atoms with van der Waals surface area (Å²) in [6.07, 6.45) is 3.12. The molecule has 0 atom stereocenters. The van der Waals surface area contributed by atoms with Crippen LogP contribution in [-0.4, -0.2) is 41.6 Å². The van der Waals surface area contributed by atoms with Crippen LogP contribution in [-0.2, 0) is 30.8 Å². The molecule has 3 aromatic heterocycles. The summed E-state index contributed by atoms with van der Waals surface area (Å²) in [4.78, 5) is 38.1. The zero-order chi connectivity index (χ0) is 25.9. The van der Waals surface area contributed by atoms with Gasteiger partial charge in [-0.3, -0.25) is 14.2 Å². The molecule has 0 aliphatic heterocycles. The first-order valence-electron chi connectivity index (χ1n) is 12.6. The minimum absolute atomic E-state index is 0.0336. The Morgan fingerprint density at radius 2 is 1.92 bits per heavy atom. The molecule has 2 aromatic carbocycles. The van der Waals surface area contributed by atoms with Crippen LogP contribution in [0.3, 0.4) is 0 Å². The zero-order valence-corrected chi connectivity index (χ0v) is 21.3. The fourth-order valence-electron chi connectivity index (χ4n) is 4.63. The number of fused-ring (bicyclic) bond motifs is 3. The third kappa shape index (κ3) is 4.89. The van der Waals surface area contributed by atoms with Crippen LogP contribution < -0.4 is 5.56 Å². The molecule has 3 heterocycles. The van der Waals surface area contributed by atoms with Crippen LogP contribution in [0.4, 0.5) is 0 Å². The van der Waals surface area contributed by atoms with Crippen molar-refractivity contribution in [3.05, 3.63) is 88.1 Å². The van der Waals surface area contributed by atoms with Crippen molar-refractivity contribution >= 4 is 27.8 Å². The van der Waals surface area contributed by atoms with E-state index in [4.69, 9.17) is 4.52 Å². The van der Waals surface area contributed by atoms with Gasteiger partial charge in [-0.25, -0.2) is 4.98 Å². The smallest absolute Gasteiger partial charge is 0.278 e. The van der Waals surface area contributed by atoms with Gasteiger partial charge < -0.3 is 14.0 Å². The van der Waals surface area contributed by atoms with E-state index in [1.54, 1.807) is 9.47 Å². The first-order valence-corrected chi connectivity index (χ1v) is 12.6. The van der Waals surface area contributed by atoms with Crippen molar-refractivity contribution in [2.45, 2.75) is 53.2 Å². The number of hydrogen-bond donors (Lipinski definition) is 0. The minimum atomic E-state index is -0.256. The third-order valence-corrected chi connectivity index (χ3v) is 6.52. The maximum Gasteiger partial charge on any atom is 0.278 e. The normalized spacial score (nSPS) is 11.4. The minimum Gasteiger partial charge on any atom is -0.337 e. The highest BCUT2D eigenvalue weighted by molar-refractivity contribution is 6.06. The van der Waals surface area contributed by atoms with Crippen molar-refractivity contribution < 1.29 is 9.32 Å². The molecule has 5 rings (SSSR count). The highest BCUT2D eigenvalue weighted by atomic mass is 16.5. The first-order chi connectivity index (χ1) is 18.0. The van der Waals surface area contributed by atoms with Crippen LogP contribution in [0.15, 0.2) is 64.2 Å². The topological polar surface area (TPSA) is 99.0 Å². The maximum atomic E-state index is 13.7. The van der Waals surface area contributed by atoms with Crippen molar-refractivity contribution in [3.63, 3.8) is 0 Å². The predicted octanol–water partition coefficient (Wildman–Crippen LogP) is 4.09. The fourth-order valence-corrected chi connectivity index (χ4v) is 4.63. The molecule has 37 heavy (non-hydrogen) atoms. The zero-order valence-electron chi connectivity index (χ0n) is 21.3.